The molecule has 100 valence electrons. The Balaban J connectivity index is 1.69. The topological polar surface area (TPSA) is 44.9 Å². The van der Waals surface area contributed by atoms with Crippen LogP contribution in [0.15, 0.2) is 30.5 Å². The van der Waals surface area contributed by atoms with Gasteiger partial charge in [0.2, 0.25) is 5.91 Å². The molecular weight excluding hydrogens is 236 g/mol. The Kier molecular flexibility index (Phi) is 3.28. The van der Waals surface area contributed by atoms with Gasteiger partial charge in [0.15, 0.2) is 0 Å². The number of H-pyrrole nitrogens is 1. The van der Waals surface area contributed by atoms with E-state index in [0.29, 0.717) is 18.4 Å². The van der Waals surface area contributed by atoms with Gasteiger partial charge in [-0.1, -0.05) is 31.5 Å². The minimum atomic E-state index is 0.142. The number of aromatic nitrogens is 1. The van der Waals surface area contributed by atoms with Gasteiger partial charge in [-0.2, -0.15) is 0 Å². The van der Waals surface area contributed by atoms with Crippen LogP contribution in [0.1, 0.15) is 31.7 Å². The van der Waals surface area contributed by atoms with Crippen LogP contribution in [0.25, 0.3) is 10.9 Å². The number of fused-ring (bicyclic) bond motifs is 1. The highest BCUT2D eigenvalue weighted by Crippen LogP contribution is 2.25. The van der Waals surface area contributed by atoms with E-state index in [2.05, 4.69) is 23.3 Å². The molecule has 0 spiro atoms. The standard InChI is InChI=1S/C16H20N2O/c1-11-5-4-8-14(11)18-16(19)9-12-10-17-15-7-3-2-6-13(12)15/h2-3,6-7,10-11,14,17H,4-5,8-9H2,1H3,(H,18,19). The minimum Gasteiger partial charge on any atom is -0.361 e. The zero-order valence-electron chi connectivity index (χ0n) is 11.3. The van der Waals surface area contributed by atoms with E-state index in [9.17, 15) is 4.79 Å². The molecule has 2 atom stereocenters. The predicted molar refractivity (Wildman–Crippen MR) is 76.9 cm³/mol. The molecule has 1 aromatic carbocycles. The molecule has 3 nitrogen and oxygen atoms in total. The maximum absolute atomic E-state index is 12.1. The molecule has 1 aliphatic carbocycles. The summed E-state index contributed by atoms with van der Waals surface area (Å²) in [6.45, 7) is 2.23. The van der Waals surface area contributed by atoms with Crippen molar-refractivity contribution in [3.63, 3.8) is 0 Å². The van der Waals surface area contributed by atoms with Gasteiger partial charge in [0, 0.05) is 23.1 Å². The van der Waals surface area contributed by atoms with E-state index in [1.165, 1.54) is 12.8 Å². The lowest BCUT2D eigenvalue weighted by atomic mass is 10.1. The number of amides is 1. The molecule has 0 radical (unpaired) electrons. The first-order chi connectivity index (χ1) is 9.24. The van der Waals surface area contributed by atoms with Gasteiger partial charge in [0.1, 0.15) is 0 Å². The predicted octanol–water partition coefficient (Wildman–Crippen LogP) is 3.02. The highest BCUT2D eigenvalue weighted by Gasteiger charge is 2.24. The van der Waals surface area contributed by atoms with Gasteiger partial charge in [0.05, 0.1) is 6.42 Å². The third kappa shape index (κ3) is 2.50. The smallest absolute Gasteiger partial charge is 0.224 e. The normalized spacial score (nSPS) is 22.8. The fraction of sp³-hybridized carbons (Fsp3) is 0.438. The summed E-state index contributed by atoms with van der Waals surface area (Å²) in [5.41, 5.74) is 2.18. The summed E-state index contributed by atoms with van der Waals surface area (Å²) in [4.78, 5) is 15.3. The van der Waals surface area contributed by atoms with Gasteiger partial charge in [0.25, 0.3) is 0 Å². The number of nitrogens with one attached hydrogen (secondary N) is 2. The lowest BCUT2D eigenvalue weighted by Crippen LogP contribution is -2.37. The molecule has 0 saturated heterocycles. The molecule has 3 heteroatoms. The molecule has 1 fully saturated rings. The van der Waals surface area contributed by atoms with E-state index < -0.39 is 0 Å². The van der Waals surface area contributed by atoms with Gasteiger partial charge in [-0.05, 0) is 30.4 Å². The molecule has 1 heterocycles. The lowest BCUT2D eigenvalue weighted by molar-refractivity contribution is -0.121. The average Bonchev–Trinajstić information content (AvgIpc) is 2.98. The first-order valence-electron chi connectivity index (χ1n) is 7.08. The largest absolute Gasteiger partial charge is 0.361 e. The molecule has 0 bridgehead atoms. The first kappa shape index (κ1) is 12.3. The van der Waals surface area contributed by atoms with Crippen molar-refractivity contribution in [2.45, 2.75) is 38.6 Å². The second kappa shape index (κ2) is 5.08. The Hall–Kier alpha value is -1.77. The fourth-order valence-electron chi connectivity index (χ4n) is 3.07. The van der Waals surface area contributed by atoms with Crippen molar-refractivity contribution in [2.75, 3.05) is 0 Å². The lowest BCUT2D eigenvalue weighted by Gasteiger charge is -2.17. The van der Waals surface area contributed by atoms with Crippen LogP contribution >= 0.6 is 0 Å². The summed E-state index contributed by atoms with van der Waals surface area (Å²) >= 11 is 0. The zero-order valence-corrected chi connectivity index (χ0v) is 11.3. The van der Waals surface area contributed by atoms with Crippen molar-refractivity contribution < 1.29 is 4.79 Å². The molecule has 2 N–H and O–H groups in total. The zero-order chi connectivity index (χ0) is 13.2. The van der Waals surface area contributed by atoms with E-state index in [1.54, 1.807) is 0 Å². The molecule has 2 unspecified atom stereocenters. The third-order valence-corrected chi connectivity index (χ3v) is 4.23. The maximum Gasteiger partial charge on any atom is 0.224 e. The number of hydrogen-bond donors (Lipinski definition) is 2. The molecule has 1 aliphatic rings. The molecule has 1 saturated carbocycles. The molecular formula is C16H20N2O. The number of rotatable bonds is 3. The van der Waals surface area contributed by atoms with Crippen LogP contribution in [0.5, 0.6) is 0 Å². The van der Waals surface area contributed by atoms with Crippen molar-refractivity contribution in [1.82, 2.24) is 10.3 Å². The van der Waals surface area contributed by atoms with Crippen LogP contribution in [-0.2, 0) is 11.2 Å². The molecule has 19 heavy (non-hydrogen) atoms. The summed E-state index contributed by atoms with van der Waals surface area (Å²) in [6, 6.07) is 8.49. The van der Waals surface area contributed by atoms with E-state index in [-0.39, 0.29) is 5.91 Å². The second-order valence-corrected chi connectivity index (χ2v) is 5.62. The van der Waals surface area contributed by atoms with Crippen LogP contribution in [0.4, 0.5) is 0 Å². The highest BCUT2D eigenvalue weighted by atomic mass is 16.1. The second-order valence-electron chi connectivity index (χ2n) is 5.62. The van der Waals surface area contributed by atoms with Crippen molar-refractivity contribution in [3.8, 4) is 0 Å². The van der Waals surface area contributed by atoms with E-state index in [1.807, 2.05) is 24.4 Å². The van der Waals surface area contributed by atoms with Gasteiger partial charge in [-0.25, -0.2) is 0 Å². The van der Waals surface area contributed by atoms with Crippen molar-refractivity contribution in [3.05, 3.63) is 36.0 Å². The number of aromatic amines is 1. The van der Waals surface area contributed by atoms with Crippen molar-refractivity contribution in [2.24, 2.45) is 5.92 Å². The SMILES string of the molecule is CC1CCCC1NC(=O)Cc1c[nH]c2ccccc12. The van der Waals surface area contributed by atoms with Crippen molar-refractivity contribution >= 4 is 16.8 Å². The van der Waals surface area contributed by atoms with E-state index in [0.717, 1.165) is 22.9 Å². The van der Waals surface area contributed by atoms with E-state index in [4.69, 9.17) is 0 Å². The first-order valence-corrected chi connectivity index (χ1v) is 7.08. The van der Waals surface area contributed by atoms with Crippen LogP contribution in [0.2, 0.25) is 0 Å². The maximum atomic E-state index is 12.1. The fourth-order valence-corrected chi connectivity index (χ4v) is 3.07. The van der Waals surface area contributed by atoms with Crippen LogP contribution in [-0.4, -0.2) is 16.9 Å². The number of carbonyl (C=O) groups is 1. The number of benzene rings is 1. The molecule has 0 aliphatic heterocycles. The van der Waals surface area contributed by atoms with Gasteiger partial charge < -0.3 is 10.3 Å². The summed E-state index contributed by atoms with van der Waals surface area (Å²) in [5.74, 6) is 0.760. The van der Waals surface area contributed by atoms with Gasteiger partial charge >= 0.3 is 0 Å². The third-order valence-electron chi connectivity index (χ3n) is 4.23. The van der Waals surface area contributed by atoms with Crippen LogP contribution in [0.3, 0.4) is 0 Å². The Bertz CT molecular complexity index is 587. The average molecular weight is 256 g/mol. The number of para-hydroxylation sites is 1. The Morgan fingerprint density at radius 2 is 2.21 bits per heavy atom. The minimum absolute atomic E-state index is 0.142. The van der Waals surface area contributed by atoms with Crippen LogP contribution < -0.4 is 5.32 Å². The summed E-state index contributed by atoms with van der Waals surface area (Å²) in [7, 11) is 0. The Labute approximate surface area is 113 Å². The Morgan fingerprint density at radius 3 is 3.00 bits per heavy atom. The summed E-state index contributed by atoms with van der Waals surface area (Å²) in [5, 5.41) is 4.33. The van der Waals surface area contributed by atoms with Crippen LogP contribution in [0, 0.1) is 5.92 Å². The highest BCUT2D eigenvalue weighted by molar-refractivity contribution is 5.88. The van der Waals surface area contributed by atoms with E-state index >= 15 is 0 Å². The molecule has 2 aromatic rings. The molecule has 1 amide bonds. The van der Waals surface area contributed by atoms with Gasteiger partial charge in [-0.15, -0.1) is 0 Å². The quantitative estimate of drug-likeness (QED) is 0.871. The monoisotopic (exact) mass is 256 g/mol. The van der Waals surface area contributed by atoms with Crippen molar-refractivity contribution in [1.29, 1.82) is 0 Å². The Morgan fingerprint density at radius 1 is 1.37 bits per heavy atom. The van der Waals surface area contributed by atoms with Gasteiger partial charge in [-0.3, -0.25) is 4.79 Å². The molecule has 1 aromatic heterocycles. The summed E-state index contributed by atoms with van der Waals surface area (Å²) < 4.78 is 0. The number of hydrogen-bond acceptors (Lipinski definition) is 1. The molecule has 3 rings (SSSR count). The number of carbonyl (C=O) groups excluding carboxylic acids is 1. The summed E-state index contributed by atoms with van der Waals surface area (Å²) in [6.07, 6.45) is 6.01.